The second-order valence-corrected chi connectivity index (χ2v) is 7.37. The van der Waals surface area contributed by atoms with E-state index in [-0.39, 0.29) is 12.0 Å². The van der Waals surface area contributed by atoms with E-state index in [2.05, 4.69) is 5.32 Å². The highest BCUT2D eigenvalue weighted by Crippen LogP contribution is 2.37. The van der Waals surface area contributed by atoms with Gasteiger partial charge in [-0.3, -0.25) is 9.59 Å². The van der Waals surface area contributed by atoms with E-state index in [0.717, 1.165) is 16.0 Å². The Morgan fingerprint density at radius 3 is 2.78 bits per heavy atom. The van der Waals surface area contributed by atoms with E-state index in [4.69, 9.17) is 10.5 Å². The summed E-state index contributed by atoms with van der Waals surface area (Å²) >= 11 is 1.27. The van der Waals surface area contributed by atoms with Gasteiger partial charge >= 0.3 is 6.09 Å². The van der Waals surface area contributed by atoms with Crippen LogP contribution in [0.3, 0.4) is 0 Å². The Hall–Kier alpha value is -2.87. The second kappa shape index (κ2) is 7.79. The number of anilines is 1. The number of amides is 3. The molecule has 0 radical (unpaired) electrons. The van der Waals surface area contributed by atoms with Crippen molar-refractivity contribution in [3.8, 4) is 0 Å². The van der Waals surface area contributed by atoms with Gasteiger partial charge in [0.2, 0.25) is 0 Å². The monoisotopic (exact) mass is 387 g/mol. The number of primary amides is 1. The van der Waals surface area contributed by atoms with Crippen LogP contribution in [0.5, 0.6) is 0 Å². The minimum absolute atomic E-state index is 0.303. The summed E-state index contributed by atoms with van der Waals surface area (Å²) in [5.74, 6) is -0.890. The lowest BCUT2D eigenvalue weighted by Gasteiger charge is -2.26. The molecule has 2 heterocycles. The van der Waals surface area contributed by atoms with Gasteiger partial charge in [-0.25, -0.2) is 4.79 Å². The average Bonchev–Trinajstić information content (AvgIpc) is 2.98. The summed E-state index contributed by atoms with van der Waals surface area (Å²) in [6.45, 7) is 4.73. The molecule has 3 N–H and O–H groups in total. The number of benzene rings is 1. The molecular formula is C19H21N3O4S. The summed E-state index contributed by atoms with van der Waals surface area (Å²) in [4.78, 5) is 39.0. The maximum Gasteiger partial charge on any atom is 0.410 e. The van der Waals surface area contributed by atoms with Crippen LogP contribution in [0.4, 0.5) is 9.80 Å². The molecule has 1 aromatic heterocycles. The van der Waals surface area contributed by atoms with Gasteiger partial charge < -0.3 is 20.7 Å². The van der Waals surface area contributed by atoms with E-state index in [9.17, 15) is 14.4 Å². The molecular weight excluding hydrogens is 366 g/mol. The van der Waals surface area contributed by atoms with Gasteiger partial charge in [0.15, 0.2) is 0 Å². The number of hydrogen-bond acceptors (Lipinski definition) is 5. The minimum Gasteiger partial charge on any atom is -0.450 e. The molecule has 8 heteroatoms. The van der Waals surface area contributed by atoms with E-state index in [0.29, 0.717) is 42.2 Å². The first-order valence-electron chi connectivity index (χ1n) is 8.64. The fraction of sp³-hybridized carbons (Fsp3) is 0.316. The number of thiophene rings is 1. The topological polar surface area (TPSA) is 102 Å². The average molecular weight is 387 g/mol. The minimum atomic E-state index is -0.586. The zero-order valence-corrected chi connectivity index (χ0v) is 16.0. The summed E-state index contributed by atoms with van der Waals surface area (Å²) in [5.41, 5.74) is 8.18. The van der Waals surface area contributed by atoms with Crippen molar-refractivity contribution in [2.24, 2.45) is 5.73 Å². The maximum absolute atomic E-state index is 12.6. The summed E-state index contributed by atoms with van der Waals surface area (Å²) < 4.78 is 5.04. The van der Waals surface area contributed by atoms with Crippen LogP contribution in [0.15, 0.2) is 24.3 Å². The summed E-state index contributed by atoms with van der Waals surface area (Å²) in [6, 6.07) is 7.19. The van der Waals surface area contributed by atoms with Crippen LogP contribution in [-0.2, 0) is 17.7 Å². The smallest absolute Gasteiger partial charge is 0.410 e. The molecule has 27 heavy (non-hydrogen) atoms. The number of carbonyl (C=O) groups is 3. The number of nitrogens with one attached hydrogen (secondary N) is 1. The molecule has 0 saturated heterocycles. The van der Waals surface area contributed by atoms with Gasteiger partial charge in [0.1, 0.15) is 5.00 Å². The van der Waals surface area contributed by atoms with Gasteiger partial charge in [-0.05, 0) is 38.0 Å². The fourth-order valence-corrected chi connectivity index (χ4v) is 4.35. The first kappa shape index (κ1) is 18.9. The van der Waals surface area contributed by atoms with Crippen LogP contribution in [0.25, 0.3) is 0 Å². The number of carbonyl (C=O) groups excluding carboxylic acids is 3. The van der Waals surface area contributed by atoms with E-state index < -0.39 is 5.91 Å². The van der Waals surface area contributed by atoms with Crippen molar-refractivity contribution in [3.05, 3.63) is 51.4 Å². The molecule has 0 fully saturated rings. The molecule has 0 spiro atoms. The fourth-order valence-electron chi connectivity index (χ4n) is 3.08. The van der Waals surface area contributed by atoms with Crippen LogP contribution >= 0.6 is 11.3 Å². The highest BCUT2D eigenvalue weighted by Gasteiger charge is 2.30. The molecule has 0 unspecified atom stereocenters. The van der Waals surface area contributed by atoms with Gasteiger partial charge in [0, 0.05) is 17.0 Å². The Labute approximate surface area is 161 Å². The zero-order chi connectivity index (χ0) is 19.6. The van der Waals surface area contributed by atoms with Crippen LogP contribution in [-0.4, -0.2) is 36.0 Å². The van der Waals surface area contributed by atoms with Crippen molar-refractivity contribution in [2.75, 3.05) is 18.5 Å². The lowest BCUT2D eigenvalue weighted by molar-refractivity contribution is 0.0997. The Bertz CT molecular complexity index is 906. The third kappa shape index (κ3) is 3.95. The Morgan fingerprint density at radius 2 is 2.11 bits per heavy atom. The third-order valence-corrected chi connectivity index (χ3v) is 5.47. The van der Waals surface area contributed by atoms with Gasteiger partial charge in [-0.2, -0.15) is 0 Å². The Kier molecular flexibility index (Phi) is 5.46. The van der Waals surface area contributed by atoms with Crippen LogP contribution in [0, 0.1) is 6.92 Å². The van der Waals surface area contributed by atoms with Crippen LogP contribution in [0.2, 0.25) is 0 Å². The predicted octanol–water partition coefficient (Wildman–Crippen LogP) is 2.92. The summed E-state index contributed by atoms with van der Waals surface area (Å²) in [6.07, 6.45) is 0.103. The quantitative estimate of drug-likeness (QED) is 0.842. The van der Waals surface area contributed by atoms with E-state index in [1.54, 1.807) is 30.0 Å². The molecule has 3 rings (SSSR count). The molecule has 0 bridgehead atoms. The molecule has 1 aliphatic heterocycles. The van der Waals surface area contributed by atoms with E-state index in [1.807, 2.05) is 13.0 Å². The lowest BCUT2D eigenvalue weighted by Crippen LogP contribution is -2.36. The first-order valence-corrected chi connectivity index (χ1v) is 9.46. The molecule has 7 nitrogen and oxygen atoms in total. The van der Waals surface area contributed by atoms with Gasteiger partial charge in [0.25, 0.3) is 11.8 Å². The predicted molar refractivity (Wildman–Crippen MR) is 103 cm³/mol. The van der Waals surface area contributed by atoms with E-state index in [1.165, 1.54) is 11.3 Å². The molecule has 3 amide bonds. The lowest BCUT2D eigenvalue weighted by atomic mass is 10.0. The summed E-state index contributed by atoms with van der Waals surface area (Å²) in [7, 11) is 0. The number of nitrogens with zero attached hydrogens (tertiary/aromatic N) is 1. The van der Waals surface area contributed by atoms with Crippen LogP contribution in [0.1, 0.15) is 43.6 Å². The third-order valence-electron chi connectivity index (χ3n) is 4.34. The van der Waals surface area contributed by atoms with Crippen molar-refractivity contribution < 1.29 is 19.1 Å². The summed E-state index contributed by atoms with van der Waals surface area (Å²) in [5, 5.41) is 3.23. The van der Waals surface area contributed by atoms with Crippen molar-refractivity contribution in [1.82, 2.24) is 4.90 Å². The normalized spacial score (nSPS) is 13.0. The standard InChI is InChI=1S/C19H21N3O4S/c1-3-26-19(25)22-8-7-13-14(10-22)27-18(15(13)16(20)23)21-17(24)12-6-4-5-11(2)9-12/h4-6,9H,3,7-8,10H2,1-2H3,(H2,20,23)(H,21,24). The van der Waals surface area contributed by atoms with Gasteiger partial charge in [-0.1, -0.05) is 17.7 Å². The van der Waals surface area contributed by atoms with Crippen LogP contribution < -0.4 is 11.1 Å². The molecule has 0 atom stereocenters. The Morgan fingerprint density at radius 1 is 1.33 bits per heavy atom. The number of ether oxygens (including phenoxy) is 1. The van der Waals surface area contributed by atoms with Gasteiger partial charge in [0.05, 0.1) is 18.7 Å². The zero-order valence-electron chi connectivity index (χ0n) is 15.2. The molecule has 1 aromatic carbocycles. The van der Waals surface area contributed by atoms with Crippen molar-refractivity contribution in [3.63, 3.8) is 0 Å². The number of hydrogen-bond donors (Lipinski definition) is 2. The van der Waals surface area contributed by atoms with Crippen molar-refractivity contribution >= 4 is 34.2 Å². The van der Waals surface area contributed by atoms with Crippen molar-refractivity contribution in [1.29, 1.82) is 0 Å². The number of fused-ring (bicyclic) bond motifs is 1. The largest absolute Gasteiger partial charge is 0.450 e. The van der Waals surface area contributed by atoms with Crippen molar-refractivity contribution in [2.45, 2.75) is 26.8 Å². The number of rotatable bonds is 4. The van der Waals surface area contributed by atoms with Gasteiger partial charge in [-0.15, -0.1) is 11.3 Å². The Balaban J connectivity index is 1.88. The number of aryl methyl sites for hydroxylation is 1. The molecule has 142 valence electrons. The molecule has 1 aliphatic rings. The SMILES string of the molecule is CCOC(=O)N1CCc2c(sc(NC(=O)c3cccc(C)c3)c2C(N)=O)C1. The highest BCUT2D eigenvalue weighted by atomic mass is 32.1. The van der Waals surface area contributed by atoms with E-state index >= 15 is 0 Å². The molecule has 0 aliphatic carbocycles. The second-order valence-electron chi connectivity index (χ2n) is 6.27. The number of nitrogens with two attached hydrogens (primary N) is 1. The highest BCUT2D eigenvalue weighted by molar-refractivity contribution is 7.17. The molecule has 0 saturated carbocycles. The molecule has 2 aromatic rings. The maximum atomic E-state index is 12.6. The first-order chi connectivity index (χ1) is 12.9.